The quantitative estimate of drug-likeness (QED) is 0.291. The summed E-state index contributed by atoms with van der Waals surface area (Å²) in [7, 11) is 0. The number of aromatic carboxylic acids is 1. The van der Waals surface area contributed by atoms with Gasteiger partial charge in [-0.15, -0.1) is 0 Å². The van der Waals surface area contributed by atoms with Crippen LogP contribution in [0.1, 0.15) is 26.3 Å². The smallest absolute Gasteiger partial charge is 0.343 e. The number of rotatable bonds is 6. The van der Waals surface area contributed by atoms with Crippen LogP contribution < -0.4 is 10.2 Å². The van der Waals surface area contributed by atoms with E-state index in [0.717, 1.165) is 0 Å². The predicted octanol–water partition coefficient (Wildman–Crippen LogP) is 4.19. The predicted molar refractivity (Wildman–Crippen MR) is 102 cm³/mol. The summed E-state index contributed by atoms with van der Waals surface area (Å²) in [5.41, 5.74) is 4.13. The van der Waals surface area contributed by atoms with E-state index in [0.29, 0.717) is 17.0 Å². The number of benzene rings is 3. The lowest BCUT2D eigenvalue weighted by Crippen LogP contribution is -2.08. The van der Waals surface area contributed by atoms with Gasteiger partial charge in [0.15, 0.2) is 0 Å². The van der Waals surface area contributed by atoms with Crippen LogP contribution in [-0.2, 0) is 0 Å². The zero-order chi connectivity index (χ0) is 19.9. The van der Waals surface area contributed by atoms with Gasteiger partial charge < -0.3 is 9.84 Å². The zero-order valence-electron chi connectivity index (χ0n) is 14.5. The van der Waals surface area contributed by atoms with Gasteiger partial charge in [-0.05, 0) is 66.2 Å². The van der Waals surface area contributed by atoms with Crippen LogP contribution >= 0.6 is 0 Å². The SMILES string of the molecule is O=C(Oc1ccc(/C=N/Nc2ccccc2C(=O)O)cc1)c1ccc(F)cc1. The Bertz CT molecular complexity index is 1020. The topological polar surface area (TPSA) is 88.0 Å². The molecule has 0 fully saturated rings. The number of nitrogens with zero attached hydrogens (tertiary/aromatic N) is 1. The van der Waals surface area contributed by atoms with E-state index < -0.39 is 17.8 Å². The molecule has 0 aliphatic carbocycles. The molecule has 0 amide bonds. The average molecular weight is 378 g/mol. The number of hydrogen-bond donors (Lipinski definition) is 2. The lowest BCUT2D eigenvalue weighted by atomic mass is 10.2. The fraction of sp³-hybridized carbons (Fsp3) is 0. The Morgan fingerprint density at radius 3 is 2.32 bits per heavy atom. The van der Waals surface area contributed by atoms with E-state index in [-0.39, 0.29) is 11.1 Å². The Hall–Kier alpha value is -4.00. The van der Waals surface area contributed by atoms with Gasteiger partial charge >= 0.3 is 11.9 Å². The molecule has 28 heavy (non-hydrogen) atoms. The minimum Gasteiger partial charge on any atom is -0.478 e. The average Bonchev–Trinajstić information content (AvgIpc) is 2.70. The van der Waals surface area contributed by atoms with Crippen molar-refractivity contribution < 1.29 is 23.8 Å². The molecule has 0 bridgehead atoms. The molecule has 0 unspecified atom stereocenters. The van der Waals surface area contributed by atoms with Gasteiger partial charge in [-0.1, -0.05) is 12.1 Å². The van der Waals surface area contributed by atoms with Crippen LogP contribution in [0.3, 0.4) is 0 Å². The summed E-state index contributed by atoms with van der Waals surface area (Å²) in [6.07, 6.45) is 1.50. The molecule has 3 rings (SSSR count). The number of hydrogen-bond acceptors (Lipinski definition) is 5. The highest BCUT2D eigenvalue weighted by Crippen LogP contribution is 2.16. The Morgan fingerprint density at radius 1 is 0.964 bits per heavy atom. The van der Waals surface area contributed by atoms with Crippen molar-refractivity contribution in [1.82, 2.24) is 0 Å². The Balaban J connectivity index is 1.61. The standard InChI is InChI=1S/C21H15FN2O4/c22-16-9-7-15(8-10-16)21(27)28-17-11-5-14(6-12-17)13-23-24-19-4-2-1-3-18(19)20(25)26/h1-13,24H,(H,25,26)/b23-13+. The minimum absolute atomic E-state index is 0.114. The lowest BCUT2D eigenvalue weighted by molar-refractivity contribution is 0.0695. The maximum absolute atomic E-state index is 12.9. The molecule has 7 heteroatoms. The van der Waals surface area contributed by atoms with Gasteiger partial charge in [0.1, 0.15) is 11.6 Å². The number of para-hydroxylation sites is 1. The van der Waals surface area contributed by atoms with E-state index in [1.54, 1.807) is 42.5 Å². The Morgan fingerprint density at radius 2 is 1.64 bits per heavy atom. The van der Waals surface area contributed by atoms with Gasteiger partial charge in [-0.25, -0.2) is 14.0 Å². The van der Waals surface area contributed by atoms with Crippen molar-refractivity contribution >= 4 is 23.8 Å². The van der Waals surface area contributed by atoms with Crippen molar-refractivity contribution in [3.63, 3.8) is 0 Å². The van der Waals surface area contributed by atoms with Gasteiger partial charge in [0.25, 0.3) is 0 Å². The number of anilines is 1. The summed E-state index contributed by atoms with van der Waals surface area (Å²) >= 11 is 0. The summed E-state index contributed by atoms with van der Waals surface area (Å²) in [4.78, 5) is 23.1. The molecule has 0 aliphatic heterocycles. The number of carboxylic acids is 1. The van der Waals surface area contributed by atoms with Gasteiger partial charge in [-0.3, -0.25) is 5.43 Å². The van der Waals surface area contributed by atoms with Crippen molar-refractivity contribution in [3.05, 3.63) is 95.3 Å². The van der Waals surface area contributed by atoms with Crippen LogP contribution in [0.2, 0.25) is 0 Å². The molecule has 6 nitrogen and oxygen atoms in total. The molecule has 0 saturated carbocycles. The first kappa shape index (κ1) is 18.8. The molecule has 0 saturated heterocycles. The molecule has 2 N–H and O–H groups in total. The van der Waals surface area contributed by atoms with E-state index in [9.17, 15) is 14.0 Å². The van der Waals surface area contributed by atoms with Crippen molar-refractivity contribution in [3.8, 4) is 5.75 Å². The fourth-order valence-corrected chi connectivity index (χ4v) is 2.32. The summed E-state index contributed by atoms with van der Waals surface area (Å²) < 4.78 is 18.1. The van der Waals surface area contributed by atoms with E-state index in [2.05, 4.69) is 10.5 Å². The maximum atomic E-state index is 12.9. The monoisotopic (exact) mass is 378 g/mol. The van der Waals surface area contributed by atoms with Crippen LogP contribution in [0, 0.1) is 5.82 Å². The highest BCUT2D eigenvalue weighted by atomic mass is 19.1. The second kappa shape index (κ2) is 8.59. The number of carbonyl (C=O) groups excluding carboxylic acids is 1. The third-order valence-corrected chi connectivity index (χ3v) is 3.73. The first-order chi connectivity index (χ1) is 13.5. The number of nitrogens with one attached hydrogen (secondary N) is 1. The van der Waals surface area contributed by atoms with Crippen LogP contribution in [0.15, 0.2) is 77.9 Å². The maximum Gasteiger partial charge on any atom is 0.343 e. The Kier molecular flexibility index (Phi) is 5.76. The molecule has 0 aromatic heterocycles. The normalized spacial score (nSPS) is 10.6. The number of esters is 1. The number of carbonyl (C=O) groups is 2. The van der Waals surface area contributed by atoms with Gasteiger partial charge in [0, 0.05) is 0 Å². The molecule has 140 valence electrons. The van der Waals surface area contributed by atoms with Crippen LogP contribution in [-0.4, -0.2) is 23.3 Å². The molecule has 0 radical (unpaired) electrons. The molecule has 3 aromatic carbocycles. The Labute approximate surface area is 159 Å². The highest BCUT2D eigenvalue weighted by molar-refractivity contribution is 5.94. The molecular formula is C21H15FN2O4. The molecule has 0 heterocycles. The molecular weight excluding hydrogens is 363 g/mol. The largest absolute Gasteiger partial charge is 0.478 e. The van der Waals surface area contributed by atoms with Gasteiger partial charge in [-0.2, -0.15) is 5.10 Å². The lowest BCUT2D eigenvalue weighted by Gasteiger charge is -2.05. The van der Waals surface area contributed by atoms with Crippen molar-refractivity contribution in [2.75, 3.05) is 5.43 Å². The molecule has 0 aliphatic rings. The van der Waals surface area contributed by atoms with Crippen LogP contribution in [0.4, 0.5) is 10.1 Å². The third-order valence-electron chi connectivity index (χ3n) is 3.73. The second-order valence-electron chi connectivity index (χ2n) is 5.69. The summed E-state index contributed by atoms with van der Waals surface area (Å²) in [5, 5.41) is 13.1. The summed E-state index contributed by atoms with van der Waals surface area (Å²) in [6.45, 7) is 0. The summed E-state index contributed by atoms with van der Waals surface area (Å²) in [6, 6.07) is 18.0. The molecule has 0 spiro atoms. The minimum atomic E-state index is -1.05. The van der Waals surface area contributed by atoms with Crippen molar-refractivity contribution in [2.45, 2.75) is 0 Å². The van der Waals surface area contributed by atoms with E-state index in [1.165, 1.54) is 36.5 Å². The number of carboxylic acid groups (broad SMARTS) is 1. The van der Waals surface area contributed by atoms with E-state index in [4.69, 9.17) is 9.84 Å². The van der Waals surface area contributed by atoms with E-state index >= 15 is 0 Å². The third kappa shape index (κ3) is 4.79. The number of halogens is 1. The van der Waals surface area contributed by atoms with Crippen LogP contribution in [0.5, 0.6) is 5.75 Å². The summed E-state index contributed by atoms with van der Waals surface area (Å²) in [5.74, 6) is -1.74. The van der Waals surface area contributed by atoms with Gasteiger partial charge in [0.2, 0.25) is 0 Å². The highest BCUT2D eigenvalue weighted by Gasteiger charge is 2.09. The van der Waals surface area contributed by atoms with Crippen LogP contribution in [0.25, 0.3) is 0 Å². The molecule has 3 aromatic rings. The number of hydrazone groups is 1. The van der Waals surface area contributed by atoms with Crippen molar-refractivity contribution in [1.29, 1.82) is 0 Å². The van der Waals surface area contributed by atoms with E-state index in [1.807, 2.05) is 0 Å². The first-order valence-electron chi connectivity index (χ1n) is 8.22. The van der Waals surface area contributed by atoms with Crippen molar-refractivity contribution in [2.24, 2.45) is 5.10 Å². The zero-order valence-corrected chi connectivity index (χ0v) is 14.5. The molecule has 0 atom stereocenters. The fourth-order valence-electron chi connectivity index (χ4n) is 2.32. The van der Waals surface area contributed by atoms with Gasteiger partial charge in [0.05, 0.1) is 23.0 Å². The number of ether oxygens (including phenoxy) is 1. The first-order valence-corrected chi connectivity index (χ1v) is 8.22. The second-order valence-corrected chi connectivity index (χ2v) is 5.69.